The lowest BCUT2D eigenvalue weighted by Gasteiger charge is -2.08. The SMILES string of the molecule is Cc1ccc(Oc2cc(C(=N)N)cc(C)n2)c([N+](=O)[O-])c1. The molecule has 1 heterocycles. The molecule has 0 aliphatic rings. The highest BCUT2D eigenvalue weighted by atomic mass is 16.6. The molecular weight excluding hydrogens is 272 g/mol. The smallest absolute Gasteiger partial charge is 0.311 e. The maximum Gasteiger partial charge on any atom is 0.311 e. The van der Waals surface area contributed by atoms with E-state index in [-0.39, 0.29) is 23.2 Å². The first-order chi connectivity index (χ1) is 9.86. The second kappa shape index (κ2) is 5.58. The number of aromatic nitrogens is 1. The van der Waals surface area contributed by atoms with Gasteiger partial charge in [-0.05, 0) is 31.5 Å². The Hall–Kier alpha value is -2.96. The Morgan fingerprint density at radius 2 is 2.05 bits per heavy atom. The third-order valence-corrected chi connectivity index (χ3v) is 2.77. The molecule has 7 nitrogen and oxygen atoms in total. The largest absolute Gasteiger partial charge is 0.432 e. The van der Waals surface area contributed by atoms with E-state index in [1.54, 1.807) is 26.0 Å². The number of benzene rings is 1. The lowest BCUT2D eigenvalue weighted by Crippen LogP contribution is -2.11. The lowest BCUT2D eigenvalue weighted by atomic mass is 10.2. The summed E-state index contributed by atoms with van der Waals surface area (Å²) in [5.41, 5.74) is 7.11. The van der Waals surface area contributed by atoms with Crippen molar-refractivity contribution in [2.75, 3.05) is 0 Å². The summed E-state index contributed by atoms with van der Waals surface area (Å²) >= 11 is 0. The fourth-order valence-corrected chi connectivity index (χ4v) is 1.81. The number of nitro benzene ring substituents is 1. The Kier molecular flexibility index (Phi) is 3.84. The summed E-state index contributed by atoms with van der Waals surface area (Å²) in [7, 11) is 0. The first-order valence-corrected chi connectivity index (χ1v) is 6.13. The summed E-state index contributed by atoms with van der Waals surface area (Å²) in [6.07, 6.45) is 0. The molecule has 1 aromatic heterocycles. The molecule has 0 amide bonds. The number of nitrogen functional groups attached to an aromatic ring is 1. The first kappa shape index (κ1) is 14.4. The fraction of sp³-hybridized carbons (Fsp3) is 0.143. The summed E-state index contributed by atoms with van der Waals surface area (Å²) in [6.45, 7) is 3.48. The van der Waals surface area contributed by atoms with Crippen molar-refractivity contribution in [3.8, 4) is 11.6 Å². The second-order valence-electron chi connectivity index (χ2n) is 4.58. The van der Waals surface area contributed by atoms with Crippen LogP contribution in [0.4, 0.5) is 5.69 Å². The highest BCUT2D eigenvalue weighted by molar-refractivity contribution is 5.95. The topological polar surface area (TPSA) is 115 Å². The van der Waals surface area contributed by atoms with E-state index in [4.69, 9.17) is 15.9 Å². The van der Waals surface area contributed by atoms with Crippen LogP contribution < -0.4 is 10.5 Å². The van der Waals surface area contributed by atoms with Crippen molar-refractivity contribution in [1.29, 1.82) is 5.41 Å². The van der Waals surface area contributed by atoms with E-state index in [9.17, 15) is 10.1 Å². The normalized spacial score (nSPS) is 10.2. The Morgan fingerprint density at radius 1 is 1.33 bits per heavy atom. The second-order valence-corrected chi connectivity index (χ2v) is 4.58. The Labute approximate surface area is 121 Å². The van der Waals surface area contributed by atoms with Gasteiger partial charge in [-0.3, -0.25) is 15.5 Å². The van der Waals surface area contributed by atoms with Gasteiger partial charge in [0.15, 0.2) is 0 Å². The predicted octanol–water partition coefficient (Wildman–Crippen LogP) is 2.68. The number of aryl methyl sites for hydroxylation is 2. The van der Waals surface area contributed by atoms with Gasteiger partial charge in [0.2, 0.25) is 11.6 Å². The molecule has 0 saturated carbocycles. The number of pyridine rings is 1. The van der Waals surface area contributed by atoms with Gasteiger partial charge in [-0.15, -0.1) is 0 Å². The average Bonchev–Trinajstić information content (AvgIpc) is 2.40. The zero-order chi connectivity index (χ0) is 15.6. The van der Waals surface area contributed by atoms with Crippen LogP contribution in [-0.2, 0) is 0 Å². The number of hydrogen-bond donors (Lipinski definition) is 2. The van der Waals surface area contributed by atoms with Gasteiger partial charge in [0.05, 0.1) is 4.92 Å². The van der Waals surface area contributed by atoms with Crippen LogP contribution in [0.3, 0.4) is 0 Å². The van der Waals surface area contributed by atoms with Gasteiger partial charge in [0.25, 0.3) is 0 Å². The van der Waals surface area contributed by atoms with E-state index in [0.29, 0.717) is 11.3 Å². The first-order valence-electron chi connectivity index (χ1n) is 6.13. The van der Waals surface area contributed by atoms with Gasteiger partial charge in [0.1, 0.15) is 5.84 Å². The van der Waals surface area contributed by atoms with Crippen LogP contribution in [0.25, 0.3) is 0 Å². The van der Waals surface area contributed by atoms with Gasteiger partial charge in [-0.1, -0.05) is 6.07 Å². The van der Waals surface area contributed by atoms with Crippen LogP contribution in [0.5, 0.6) is 11.6 Å². The quantitative estimate of drug-likeness (QED) is 0.388. The Bertz CT molecular complexity index is 728. The van der Waals surface area contributed by atoms with Gasteiger partial charge >= 0.3 is 5.69 Å². The van der Waals surface area contributed by atoms with Crippen molar-refractivity contribution >= 4 is 11.5 Å². The number of amidine groups is 1. The van der Waals surface area contributed by atoms with Crippen molar-refractivity contribution in [3.05, 3.63) is 57.3 Å². The van der Waals surface area contributed by atoms with Crippen molar-refractivity contribution < 1.29 is 9.66 Å². The lowest BCUT2D eigenvalue weighted by molar-refractivity contribution is -0.385. The van der Waals surface area contributed by atoms with Crippen LogP contribution in [0, 0.1) is 29.4 Å². The van der Waals surface area contributed by atoms with E-state index in [0.717, 1.165) is 5.56 Å². The Morgan fingerprint density at radius 3 is 2.67 bits per heavy atom. The summed E-state index contributed by atoms with van der Waals surface area (Å²) in [5.74, 6) is 0.133. The molecule has 0 radical (unpaired) electrons. The minimum atomic E-state index is -0.510. The van der Waals surface area contributed by atoms with E-state index in [2.05, 4.69) is 4.98 Å². The van der Waals surface area contributed by atoms with Crippen LogP contribution in [0.1, 0.15) is 16.8 Å². The summed E-state index contributed by atoms with van der Waals surface area (Å²) in [6, 6.07) is 7.77. The van der Waals surface area contributed by atoms with Crippen LogP contribution in [0.2, 0.25) is 0 Å². The van der Waals surface area contributed by atoms with E-state index in [1.807, 2.05) is 0 Å². The van der Waals surface area contributed by atoms with E-state index in [1.165, 1.54) is 18.2 Å². The van der Waals surface area contributed by atoms with Crippen molar-refractivity contribution in [3.63, 3.8) is 0 Å². The van der Waals surface area contributed by atoms with Crippen molar-refractivity contribution in [2.45, 2.75) is 13.8 Å². The molecule has 0 atom stereocenters. The van der Waals surface area contributed by atoms with Gasteiger partial charge in [-0.25, -0.2) is 4.98 Å². The molecule has 0 bridgehead atoms. The monoisotopic (exact) mass is 286 g/mol. The molecule has 0 saturated heterocycles. The molecule has 0 aliphatic heterocycles. The highest BCUT2D eigenvalue weighted by Crippen LogP contribution is 2.31. The predicted molar refractivity (Wildman–Crippen MR) is 77.9 cm³/mol. The van der Waals surface area contributed by atoms with Crippen LogP contribution in [0.15, 0.2) is 30.3 Å². The molecule has 3 N–H and O–H groups in total. The van der Waals surface area contributed by atoms with Gasteiger partial charge in [0, 0.05) is 23.4 Å². The molecule has 0 spiro atoms. The minimum absolute atomic E-state index is 0.0956. The molecule has 2 aromatic rings. The minimum Gasteiger partial charge on any atom is -0.432 e. The molecule has 2 rings (SSSR count). The van der Waals surface area contributed by atoms with Crippen LogP contribution in [-0.4, -0.2) is 15.7 Å². The molecule has 0 aliphatic carbocycles. The number of ether oxygens (including phenoxy) is 1. The molecule has 0 unspecified atom stereocenters. The summed E-state index contributed by atoms with van der Waals surface area (Å²) in [5, 5.41) is 18.5. The fourth-order valence-electron chi connectivity index (χ4n) is 1.81. The average molecular weight is 286 g/mol. The zero-order valence-corrected chi connectivity index (χ0v) is 11.6. The molecular formula is C14H14N4O3. The number of nitro groups is 1. The van der Waals surface area contributed by atoms with Crippen molar-refractivity contribution in [2.24, 2.45) is 5.73 Å². The molecule has 0 fully saturated rings. The standard InChI is InChI=1S/C14H14N4O3/c1-8-3-4-12(11(5-8)18(19)20)21-13-7-10(14(15)16)6-9(2)17-13/h3-7H,1-2H3,(H3,15,16). The van der Waals surface area contributed by atoms with Gasteiger partial charge < -0.3 is 10.5 Å². The molecule has 108 valence electrons. The number of rotatable bonds is 4. The highest BCUT2D eigenvalue weighted by Gasteiger charge is 2.17. The Balaban J connectivity index is 2.43. The van der Waals surface area contributed by atoms with Crippen molar-refractivity contribution in [1.82, 2.24) is 4.98 Å². The van der Waals surface area contributed by atoms with E-state index < -0.39 is 4.92 Å². The third-order valence-electron chi connectivity index (χ3n) is 2.77. The molecule has 1 aromatic carbocycles. The van der Waals surface area contributed by atoms with E-state index >= 15 is 0 Å². The summed E-state index contributed by atoms with van der Waals surface area (Å²) in [4.78, 5) is 14.7. The zero-order valence-electron chi connectivity index (χ0n) is 11.6. The maximum absolute atomic E-state index is 11.1. The molecule has 7 heteroatoms. The maximum atomic E-state index is 11.1. The van der Waals surface area contributed by atoms with Crippen LogP contribution >= 0.6 is 0 Å². The van der Waals surface area contributed by atoms with Gasteiger partial charge in [-0.2, -0.15) is 0 Å². The third kappa shape index (κ3) is 3.33. The number of nitrogens with zero attached hydrogens (tertiary/aromatic N) is 2. The number of nitrogens with one attached hydrogen (secondary N) is 1. The number of hydrogen-bond acceptors (Lipinski definition) is 5. The summed E-state index contributed by atoms with van der Waals surface area (Å²) < 4.78 is 5.49. The molecule has 21 heavy (non-hydrogen) atoms. The number of nitrogens with two attached hydrogens (primary N) is 1.